The number of ether oxygens (including phenoxy) is 3. The van der Waals surface area contributed by atoms with Gasteiger partial charge in [-0.05, 0) is 56.0 Å². The molecule has 0 aromatic heterocycles. The summed E-state index contributed by atoms with van der Waals surface area (Å²) in [6.07, 6.45) is 4.06. The molecule has 1 aliphatic heterocycles. The van der Waals surface area contributed by atoms with Gasteiger partial charge in [-0.2, -0.15) is 0 Å². The maximum Gasteiger partial charge on any atom is 0.123 e. The molecule has 4 heteroatoms. The van der Waals surface area contributed by atoms with Crippen LogP contribution in [0.25, 0.3) is 0 Å². The van der Waals surface area contributed by atoms with E-state index in [9.17, 15) is 0 Å². The van der Waals surface area contributed by atoms with E-state index < -0.39 is 0 Å². The molecule has 1 aromatic rings. The van der Waals surface area contributed by atoms with Crippen LogP contribution in [-0.2, 0) is 9.47 Å². The highest BCUT2D eigenvalue weighted by Crippen LogP contribution is 2.27. The van der Waals surface area contributed by atoms with Gasteiger partial charge in [0.05, 0.1) is 26.4 Å². The van der Waals surface area contributed by atoms with Gasteiger partial charge in [0.2, 0.25) is 0 Å². The lowest BCUT2D eigenvalue weighted by Gasteiger charge is -2.26. The predicted octanol–water partition coefficient (Wildman–Crippen LogP) is 4.02. The number of rotatable bonds is 11. The number of nitrogens with zero attached hydrogens (tertiary/aromatic N) is 1. The molecule has 142 valence electrons. The standard InChI is InChI=1S/C21H35NO3/c1-18(2)20-8-7-19(3)17-21(20)25-16-15-24-14-13-23-12-11-22-9-5-4-6-10-22/h7-8,17-18H,4-6,9-16H2,1-3H3. The first kappa shape index (κ1) is 20.2. The molecule has 0 N–H and O–H groups in total. The molecular weight excluding hydrogens is 314 g/mol. The molecule has 1 fully saturated rings. The second-order valence-electron chi connectivity index (χ2n) is 7.17. The van der Waals surface area contributed by atoms with Crippen molar-refractivity contribution < 1.29 is 14.2 Å². The van der Waals surface area contributed by atoms with Crippen molar-refractivity contribution in [1.82, 2.24) is 4.90 Å². The summed E-state index contributed by atoms with van der Waals surface area (Å²) in [6, 6.07) is 6.41. The SMILES string of the molecule is Cc1ccc(C(C)C)c(OCCOCCOCCN2CCCCC2)c1. The van der Waals surface area contributed by atoms with Crippen molar-refractivity contribution in [3.8, 4) is 5.75 Å². The summed E-state index contributed by atoms with van der Waals surface area (Å²) in [4.78, 5) is 2.49. The van der Waals surface area contributed by atoms with E-state index in [0.29, 0.717) is 32.3 Å². The van der Waals surface area contributed by atoms with Crippen LogP contribution in [0.1, 0.15) is 50.2 Å². The second-order valence-corrected chi connectivity index (χ2v) is 7.17. The van der Waals surface area contributed by atoms with Crippen LogP contribution in [0.3, 0.4) is 0 Å². The summed E-state index contributed by atoms with van der Waals surface area (Å²) in [5.41, 5.74) is 2.48. The van der Waals surface area contributed by atoms with Gasteiger partial charge in [0, 0.05) is 6.54 Å². The summed E-state index contributed by atoms with van der Waals surface area (Å²) in [6.45, 7) is 13.3. The lowest BCUT2D eigenvalue weighted by atomic mass is 10.0. The zero-order valence-corrected chi connectivity index (χ0v) is 16.3. The Bertz CT molecular complexity index is 484. The lowest BCUT2D eigenvalue weighted by Crippen LogP contribution is -2.32. The molecule has 2 rings (SSSR count). The largest absolute Gasteiger partial charge is 0.491 e. The third kappa shape index (κ3) is 7.76. The van der Waals surface area contributed by atoms with Gasteiger partial charge in [0.15, 0.2) is 0 Å². The number of hydrogen-bond donors (Lipinski definition) is 0. The van der Waals surface area contributed by atoms with Gasteiger partial charge in [-0.25, -0.2) is 0 Å². The van der Waals surface area contributed by atoms with E-state index in [1.54, 1.807) is 0 Å². The number of benzene rings is 1. The van der Waals surface area contributed by atoms with Gasteiger partial charge >= 0.3 is 0 Å². The Kier molecular flexibility index (Phi) is 9.30. The van der Waals surface area contributed by atoms with Crippen LogP contribution < -0.4 is 4.74 Å². The minimum Gasteiger partial charge on any atom is -0.491 e. The van der Waals surface area contributed by atoms with Crippen LogP contribution in [0.5, 0.6) is 5.75 Å². The Labute approximate surface area is 153 Å². The van der Waals surface area contributed by atoms with E-state index in [-0.39, 0.29) is 0 Å². The molecule has 25 heavy (non-hydrogen) atoms. The minimum absolute atomic E-state index is 0.463. The maximum absolute atomic E-state index is 5.91. The van der Waals surface area contributed by atoms with E-state index in [0.717, 1.165) is 18.9 Å². The first-order chi connectivity index (χ1) is 12.2. The molecule has 1 saturated heterocycles. The molecule has 0 unspecified atom stereocenters. The lowest BCUT2D eigenvalue weighted by molar-refractivity contribution is 0.0277. The zero-order valence-electron chi connectivity index (χ0n) is 16.3. The van der Waals surface area contributed by atoms with Crippen LogP contribution in [0.2, 0.25) is 0 Å². The van der Waals surface area contributed by atoms with Crippen LogP contribution in [0.4, 0.5) is 0 Å². The van der Waals surface area contributed by atoms with Gasteiger partial charge in [0.25, 0.3) is 0 Å². The molecule has 0 bridgehead atoms. The molecule has 0 radical (unpaired) electrons. The number of hydrogen-bond acceptors (Lipinski definition) is 4. The van der Waals surface area contributed by atoms with Crippen LogP contribution >= 0.6 is 0 Å². The van der Waals surface area contributed by atoms with Crippen molar-refractivity contribution in [2.75, 3.05) is 52.7 Å². The van der Waals surface area contributed by atoms with E-state index in [4.69, 9.17) is 14.2 Å². The summed E-state index contributed by atoms with van der Waals surface area (Å²) < 4.78 is 17.2. The molecule has 0 amide bonds. The molecule has 0 aliphatic carbocycles. The predicted molar refractivity (Wildman–Crippen MR) is 103 cm³/mol. The number of likely N-dealkylation sites (tertiary alicyclic amines) is 1. The average Bonchev–Trinajstić information content (AvgIpc) is 2.61. The van der Waals surface area contributed by atoms with E-state index in [2.05, 4.69) is 43.9 Å². The van der Waals surface area contributed by atoms with Crippen molar-refractivity contribution in [2.24, 2.45) is 0 Å². The van der Waals surface area contributed by atoms with Gasteiger partial charge in [-0.15, -0.1) is 0 Å². The Balaban J connectivity index is 1.50. The van der Waals surface area contributed by atoms with Crippen molar-refractivity contribution in [3.63, 3.8) is 0 Å². The maximum atomic E-state index is 5.91. The molecule has 1 heterocycles. The van der Waals surface area contributed by atoms with Crippen LogP contribution in [0, 0.1) is 6.92 Å². The Morgan fingerprint density at radius 1 is 0.920 bits per heavy atom. The van der Waals surface area contributed by atoms with Crippen LogP contribution in [0.15, 0.2) is 18.2 Å². The molecule has 1 aliphatic rings. The Morgan fingerprint density at radius 3 is 2.32 bits per heavy atom. The smallest absolute Gasteiger partial charge is 0.123 e. The highest BCUT2D eigenvalue weighted by molar-refractivity contribution is 5.39. The number of piperidine rings is 1. The minimum atomic E-state index is 0.463. The fraction of sp³-hybridized carbons (Fsp3) is 0.714. The molecule has 1 aromatic carbocycles. The van der Waals surface area contributed by atoms with Crippen LogP contribution in [-0.4, -0.2) is 57.6 Å². The fourth-order valence-electron chi connectivity index (χ4n) is 3.15. The normalized spacial score (nSPS) is 15.7. The summed E-state index contributed by atoms with van der Waals surface area (Å²) >= 11 is 0. The van der Waals surface area contributed by atoms with E-state index in [1.165, 1.54) is 43.5 Å². The first-order valence-electron chi connectivity index (χ1n) is 9.78. The molecular formula is C21H35NO3. The summed E-state index contributed by atoms with van der Waals surface area (Å²) in [5.74, 6) is 1.45. The highest BCUT2D eigenvalue weighted by Gasteiger charge is 2.09. The third-order valence-corrected chi connectivity index (χ3v) is 4.65. The van der Waals surface area contributed by atoms with Crippen molar-refractivity contribution in [2.45, 2.75) is 46.0 Å². The molecule has 0 spiro atoms. The zero-order chi connectivity index (χ0) is 17.9. The topological polar surface area (TPSA) is 30.9 Å². The van der Waals surface area contributed by atoms with Gasteiger partial charge < -0.3 is 19.1 Å². The van der Waals surface area contributed by atoms with Gasteiger partial charge in [-0.1, -0.05) is 32.4 Å². The Morgan fingerprint density at radius 2 is 1.60 bits per heavy atom. The van der Waals surface area contributed by atoms with Gasteiger partial charge in [-0.3, -0.25) is 0 Å². The quantitative estimate of drug-likeness (QED) is 0.565. The molecule has 0 saturated carbocycles. The highest BCUT2D eigenvalue weighted by atomic mass is 16.5. The average molecular weight is 350 g/mol. The monoisotopic (exact) mass is 349 g/mol. The summed E-state index contributed by atoms with van der Waals surface area (Å²) in [5, 5.41) is 0. The van der Waals surface area contributed by atoms with E-state index in [1.807, 2.05) is 0 Å². The Hall–Kier alpha value is -1.10. The number of aryl methyl sites for hydroxylation is 1. The van der Waals surface area contributed by atoms with Crippen molar-refractivity contribution in [1.29, 1.82) is 0 Å². The third-order valence-electron chi connectivity index (χ3n) is 4.65. The van der Waals surface area contributed by atoms with Crippen molar-refractivity contribution in [3.05, 3.63) is 29.3 Å². The van der Waals surface area contributed by atoms with Gasteiger partial charge in [0.1, 0.15) is 12.4 Å². The fourth-order valence-corrected chi connectivity index (χ4v) is 3.15. The first-order valence-corrected chi connectivity index (χ1v) is 9.78. The molecule has 4 nitrogen and oxygen atoms in total. The summed E-state index contributed by atoms with van der Waals surface area (Å²) in [7, 11) is 0. The van der Waals surface area contributed by atoms with Crippen molar-refractivity contribution >= 4 is 0 Å². The second kappa shape index (κ2) is 11.5. The molecule has 0 atom stereocenters. The van der Waals surface area contributed by atoms with E-state index >= 15 is 0 Å².